The molecular formula is C26H37IN2O8. The first-order valence-corrected chi connectivity index (χ1v) is 13.4. The Hall–Kier alpha value is -2.22. The van der Waals surface area contributed by atoms with Gasteiger partial charge >= 0.3 is 0 Å². The highest BCUT2D eigenvalue weighted by atomic mass is 127. The highest BCUT2D eigenvalue weighted by molar-refractivity contribution is 14.1. The fourth-order valence-corrected chi connectivity index (χ4v) is 4.81. The lowest BCUT2D eigenvalue weighted by Crippen LogP contribution is -2.56. The van der Waals surface area contributed by atoms with Crippen LogP contribution < -0.4 is 14.8 Å². The third-order valence-corrected chi connectivity index (χ3v) is 6.91. The van der Waals surface area contributed by atoms with E-state index in [-0.39, 0.29) is 50.6 Å². The zero-order valence-electron chi connectivity index (χ0n) is 21.7. The van der Waals surface area contributed by atoms with E-state index >= 15 is 0 Å². The minimum atomic E-state index is -1.26. The van der Waals surface area contributed by atoms with Crippen molar-refractivity contribution in [1.29, 1.82) is 0 Å². The molecule has 1 aliphatic carbocycles. The van der Waals surface area contributed by atoms with E-state index in [0.717, 1.165) is 0 Å². The number of aliphatic hydroxyl groups excluding tert-OH is 3. The van der Waals surface area contributed by atoms with Gasteiger partial charge in [-0.25, -0.2) is 0 Å². The SMILES string of the molecule is CCC(=O)C(=O)N(CCC(C)C)C1CC(C(=O)NCCO)=CC(Oc2c(I)cc(CO)cc2OC)C1O. The number of hydrogen-bond donors (Lipinski definition) is 4. The number of ketones is 1. The van der Waals surface area contributed by atoms with E-state index < -0.39 is 35.8 Å². The van der Waals surface area contributed by atoms with Crippen LogP contribution in [-0.2, 0) is 21.0 Å². The molecule has 2 amide bonds. The first-order valence-electron chi connectivity index (χ1n) is 12.3. The third-order valence-electron chi connectivity index (χ3n) is 6.11. The molecule has 37 heavy (non-hydrogen) atoms. The number of ether oxygens (including phenoxy) is 2. The van der Waals surface area contributed by atoms with Crippen molar-refractivity contribution in [3.63, 3.8) is 0 Å². The summed E-state index contributed by atoms with van der Waals surface area (Å²) in [5.41, 5.74) is 0.875. The van der Waals surface area contributed by atoms with Gasteiger partial charge in [-0.2, -0.15) is 0 Å². The van der Waals surface area contributed by atoms with E-state index in [9.17, 15) is 24.6 Å². The highest BCUT2D eigenvalue weighted by Gasteiger charge is 2.41. The molecule has 0 fully saturated rings. The number of benzene rings is 1. The van der Waals surface area contributed by atoms with Crippen LogP contribution in [0.4, 0.5) is 0 Å². The van der Waals surface area contributed by atoms with Crippen LogP contribution >= 0.6 is 22.6 Å². The van der Waals surface area contributed by atoms with Crippen molar-refractivity contribution in [2.24, 2.45) is 5.92 Å². The van der Waals surface area contributed by atoms with Crippen LogP contribution in [0, 0.1) is 9.49 Å². The van der Waals surface area contributed by atoms with Gasteiger partial charge < -0.3 is 35.0 Å². The Balaban J connectivity index is 2.53. The molecule has 206 valence electrons. The molecule has 10 nitrogen and oxygen atoms in total. The maximum absolute atomic E-state index is 13.1. The normalized spacial score (nSPS) is 19.3. The Labute approximate surface area is 231 Å². The summed E-state index contributed by atoms with van der Waals surface area (Å²) in [7, 11) is 1.45. The topological polar surface area (TPSA) is 146 Å². The van der Waals surface area contributed by atoms with Crippen LogP contribution in [0.25, 0.3) is 0 Å². The van der Waals surface area contributed by atoms with Crippen LogP contribution in [0.2, 0.25) is 0 Å². The van der Waals surface area contributed by atoms with Crippen LogP contribution in [0.5, 0.6) is 11.5 Å². The van der Waals surface area contributed by atoms with Crippen LogP contribution in [-0.4, -0.2) is 82.9 Å². The molecule has 0 radical (unpaired) electrons. The Morgan fingerprint density at radius 2 is 1.95 bits per heavy atom. The van der Waals surface area contributed by atoms with Crippen molar-refractivity contribution in [3.05, 3.63) is 32.9 Å². The number of nitrogens with zero attached hydrogens (tertiary/aromatic N) is 1. The van der Waals surface area contributed by atoms with Crippen LogP contribution in [0.3, 0.4) is 0 Å². The van der Waals surface area contributed by atoms with Gasteiger partial charge in [0.1, 0.15) is 12.2 Å². The second kappa shape index (κ2) is 14.6. The predicted molar refractivity (Wildman–Crippen MR) is 145 cm³/mol. The lowest BCUT2D eigenvalue weighted by Gasteiger charge is -2.40. The van der Waals surface area contributed by atoms with E-state index in [1.54, 1.807) is 19.1 Å². The molecule has 1 aromatic rings. The average Bonchev–Trinajstić information content (AvgIpc) is 2.88. The molecule has 1 aromatic carbocycles. The summed E-state index contributed by atoms with van der Waals surface area (Å²) in [4.78, 5) is 39.7. The minimum absolute atomic E-state index is 0.0107. The van der Waals surface area contributed by atoms with Crippen molar-refractivity contribution in [3.8, 4) is 11.5 Å². The minimum Gasteiger partial charge on any atom is -0.493 e. The van der Waals surface area contributed by atoms with Crippen LogP contribution in [0.15, 0.2) is 23.8 Å². The fourth-order valence-electron chi connectivity index (χ4n) is 4.02. The lowest BCUT2D eigenvalue weighted by atomic mass is 9.87. The molecule has 3 atom stereocenters. The number of nitrogens with one attached hydrogen (secondary N) is 1. The summed E-state index contributed by atoms with van der Waals surface area (Å²) in [6.07, 6.45) is -0.184. The Morgan fingerprint density at radius 3 is 2.51 bits per heavy atom. The molecule has 0 bridgehead atoms. The molecule has 11 heteroatoms. The summed E-state index contributed by atoms with van der Waals surface area (Å²) < 4.78 is 12.2. The maximum atomic E-state index is 13.1. The number of methoxy groups -OCH3 is 1. The molecule has 0 saturated carbocycles. The number of Topliss-reactive ketones (excluding diaryl/α,β-unsaturated/α-hetero) is 1. The summed E-state index contributed by atoms with van der Waals surface area (Å²) in [5.74, 6) is -0.874. The van der Waals surface area contributed by atoms with Crippen LogP contribution in [0.1, 0.15) is 45.6 Å². The standard InChI is InChI=1S/C26H37IN2O8/c1-5-20(32)26(35)29(8-6-15(2)3)19-12-17(25(34)28-7-9-30)13-21(23(19)33)37-24-18(27)10-16(14-31)11-22(24)36-4/h10-11,13,15,19,21,23,30-31,33H,5-9,12,14H2,1-4H3,(H,28,34). The monoisotopic (exact) mass is 632 g/mol. The lowest BCUT2D eigenvalue weighted by molar-refractivity contribution is -0.149. The van der Waals surface area contributed by atoms with Gasteiger partial charge in [0.2, 0.25) is 11.7 Å². The number of amides is 2. The van der Waals surface area contributed by atoms with Crippen molar-refractivity contribution in [2.75, 3.05) is 26.8 Å². The summed E-state index contributed by atoms with van der Waals surface area (Å²) in [6.45, 7) is 5.40. The van der Waals surface area contributed by atoms with Gasteiger partial charge in [0.25, 0.3) is 5.91 Å². The molecular weight excluding hydrogens is 595 g/mol. The largest absolute Gasteiger partial charge is 0.493 e. The Bertz CT molecular complexity index is 997. The van der Waals surface area contributed by atoms with Gasteiger partial charge in [-0.3, -0.25) is 14.4 Å². The zero-order valence-corrected chi connectivity index (χ0v) is 23.9. The smallest absolute Gasteiger partial charge is 0.290 e. The van der Waals surface area contributed by atoms with Crippen molar-refractivity contribution < 1.29 is 39.2 Å². The third kappa shape index (κ3) is 8.13. The number of rotatable bonds is 13. The summed E-state index contributed by atoms with van der Waals surface area (Å²) in [6, 6.07) is 2.43. The number of aliphatic hydroxyl groups is 3. The molecule has 0 spiro atoms. The molecule has 3 unspecified atom stereocenters. The molecule has 0 aromatic heterocycles. The summed E-state index contributed by atoms with van der Waals surface area (Å²) >= 11 is 2.03. The van der Waals surface area contributed by atoms with Gasteiger partial charge in [0.15, 0.2) is 11.5 Å². The molecule has 0 heterocycles. The fraction of sp³-hybridized carbons (Fsp3) is 0.577. The maximum Gasteiger partial charge on any atom is 0.290 e. The first-order chi connectivity index (χ1) is 17.6. The van der Waals surface area contributed by atoms with E-state index in [2.05, 4.69) is 5.32 Å². The molecule has 0 saturated heterocycles. The molecule has 0 aliphatic heterocycles. The van der Waals surface area contributed by atoms with Gasteiger partial charge in [-0.05, 0) is 58.7 Å². The quantitative estimate of drug-likeness (QED) is 0.190. The second-order valence-corrected chi connectivity index (χ2v) is 10.4. The molecule has 2 rings (SSSR count). The van der Waals surface area contributed by atoms with Gasteiger partial charge in [-0.1, -0.05) is 20.8 Å². The van der Waals surface area contributed by atoms with E-state index in [1.807, 2.05) is 36.4 Å². The summed E-state index contributed by atoms with van der Waals surface area (Å²) in [5, 5.41) is 32.7. The average molecular weight is 632 g/mol. The molecule has 4 N–H and O–H groups in total. The first kappa shape index (κ1) is 31.0. The Morgan fingerprint density at radius 1 is 1.24 bits per heavy atom. The number of halogens is 1. The zero-order chi connectivity index (χ0) is 27.7. The van der Waals surface area contributed by atoms with Gasteiger partial charge in [0, 0.05) is 31.5 Å². The van der Waals surface area contributed by atoms with E-state index in [1.165, 1.54) is 18.1 Å². The van der Waals surface area contributed by atoms with Crippen molar-refractivity contribution in [2.45, 2.75) is 64.9 Å². The van der Waals surface area contributed by atoms with Gasteiger partial charge in [-0.15, -0.1) is 0 Å². The van der Waals surface area contributed by atoms with E-state index in [4.69, 9.17) is 14.6 Å². The number of hydrogen-bond acceptors (Lipinski definition) is 8. The number of carbonyl (C=O) groups is 3. The predicted octanol–water partition coefficient (Wildman–Crippen LogP) is 1.56. The van der Waals surface area contributed by atoms with Crippen molar-refractivity contribution >= 4 is 40.2 Å². The Kier molecular flexibility index (Phi) is 12.3. The highest BCUT2D eigenvalue weighted by Crippen LogP contribution is 2.37. The van der Waals surface area contributed by atoms with E-state index in [0.29, 0.717) is 27.1 Å². The second-order valence-electron chi connectivity index (χ2n) is 9.24. The van der Waals surface area contributed by atoms with Crippen molar-refractivity contribution in [1.82, 2.24) is 10.2 Å². The number of carbonyl (C=O) groups excluding carboxylic acids is 3. The molecule has 1 aliphatic rings. The van der Waals surface area contributed by atoms with Gasteiger partial charge in [0.05, 0.1) is 29.9 Å².